The van der Waals surface area contributed by atoms with Gasteiger partial charge >= 0.3 is 0 Å². The van der Waals surface area contributed by atoms with Gasteiger partial charge in [-0.15, -0.1) is 0 Å². The zero-order valence-corrected chi connectivity index (χ0v) is 11.3. The predicted molar refractivity (Wildman–Crippen MR) is 73.4 cm³/mol. The number of nitrogens with zero attached hydrogens (tertiary/aromatic N) is 1. The molecule has 0 radical (unpaired) electrons. The van der Waals surface area contributed by atoms with Crippen molar-refractivity contribution in [2.45, 2.75) is 20.8 Å². The van der Waals surface area contributed by atoms with Crippen LogP contribution in [0.5, 0.6) is 5.75 Å². The maximum absolute atomic E-state index is 12.0. The van der Waals surface area contributed by atoms with E-state index in [1.54, 1.807) is 17.0 Å². The highest BCUT2D eigenvalue weighted by atomic mass is 16.5. The Labute approximate surface area is 109 Å². The first-order chi connectivity index (χ1) is 8.54. The molecule has 0 aliphatic carbocycles. The molecule has 0 spiro atoms. The van der Waals surface area contributed by atoms with Crippen molar-refractivity contribution in [3.8, 4) is 5.75 Å². The molecule has 0 aliphatic heterocycles. The van der Waals surface area contributed by atoms with E-state index in [-0.39, 0.29) is 12.5 Å². The molecular formula is C14H22N2O2. The maximum Gasteiger partial charge on any atom is 0.260 e. The van der Waals surface area contributed by atoms with E-state index in [1.165, 1.54) is 0 Å². The summed E-state index contributed by atoms with van der Waals surface area (Å²) in [5.41, 5.74) is 6.30. The number of para-hydroxylation sites is 2. The quantitative estimate of drug-likeness (QED) is 0.787. The summed E-state index contributed by atoms with van der Waals surface area (Å²) in [4.78, 5) is 13.7. The van der Waals surface area contributed by atoms with E-state index in [0.717, 1.165) is 6.54 Å². The van der Waals surface area contributed by atoms with Crippen LogP contribution in [0.1, 0.15) is 20.8 Å². The van der Waals surface area contributed by atoms with Crippen molar-refractivity contribution in [3.05, 3.63) is 24.3 Å². The molecule has 0 bridgehead atoms. The minimum Gasteiger partial charge on any atom is -0.482 e. The van der Waals surface area contributed by atoms with Crippen LogP contribution in [0, 0.1) is 5.92 Å². The second-order valence-electron chi connectivity index (χ2n) is 4.65. The Bertz CT molecular complexity index is 391. The van der Waals surface area contributed by atoms with Crippen molar-refractivity contribution in [3.63, 3.8) is 0 Å². The first-order valence-electron chi connectivity index (χ1n) is 6.29. The van der Waals surface area contributed by atoms with E-state index in [1.807, 2.05) is 19.1 Å². The summed E-state index contributed by atoms with van der Waals surface area (Å²) in [5, 5.41) is 0. The van der Waals surface area contributed by atoms with E-state index < -0.39 is 0 Å². The third kappa shape index (κ3) is 4.28. The number of anilines is 1. The molecule has 0 saturated carbocycles. The van der Waals surface area contributed by atoms with Crippen LogP contribution in [0.4, 0.5) is 5.69 Å². The van der Waals surface area contributed by atoms with Gasteiger partial charge < -0.3 is 15.4 Å². The number of ether oxygens (including phenoxy) is 1. The van der Waals surface area contributed by atoms with Crippen LogP contribution >= 0.6 is 0 Å². The number of nitrogens with two attached hydrogens (primary N) is 1. The number of hydrogen-bond acceptors (Lipinski definition) is 3. The van der Waals surface area contributed by atoms with Gasteiger partial charge in [-0.2, -0.15) is 0 Å². The van der Waals surface area contributed by atoms with Crippen LogP contribution in [-0.2, 0) is 4.79 Å². The van der Waals surface area contributed by atoms with Crippen molar-refractivity contribution in [1.82, 2.24) is 4.90 Å². The fourth-order valence-corrected chi connectivity index (χ4v) is 1.69. The third-order valence-electron chi connectivity index (χ3n) is 2.59. The van der Waals surface area contributed by atoms with Gasteiger partial charge in [0, 0.05) is 13.1 Å². The number of carbonyl (C=O) groups excluding carboxylic acids is 1. The Hall–Kier alpha value is -1.71. The highest BCUT2D eigenvalue weighted by molar-refractivity contribution is 5.78. The molecule has 0 atom stereocenters. The number of amides is 1. The Morgan fingerprint density at radius 3 is 2.61 bits per heavy atom. The Kier molecular flexibility index (Phi) is 5.49. The van der Waals surface area contributed by atoms with Gasteiger partial charge in [-0.1, -0.05) is 26.0 Å². The van der Waals surface area contributed by atoms with Gasteiger partial charge in [-0.3, -0.25) is 4.79 Å². The van der Waals surface area contributed by atoms with Gasteiger partial charge in [0.25, 0.3) is 5.91 Å². The Morgan fingerprint density at radius 2 is 2.06 bits per heavy atom. The number of likely N-dealkylation sites (N-methyl/N-ethyl adjacent to an activating group) is 1. The second-order valence-corrected chi connectivity index (χ2v) is 4.65. The van der Waals surface area contributed by atoms with Gasteiger partial charge in [0.2, 0.25) is 0 Å². The summed E-state index contributed by atoms with van der Waals surface area (Å²) in [7, 11) is 0. The van der Waals surface area contributed by atoms with Gasteiger partial charge in [-0.25, -0.2) is 0 Å². The molecule has 0 heterocycles. The molecule has 0 aromatic heterocycles. The lowest BCUT2D eigenvalue weighted by Crippen LogP contribution is -2.37. The number of carbonyl (C=O) groups is 1. The minimum atomic E-state index is -0.00514. The monoisotopic (exact) mass is 250 g/mol. The lowest BCUT2D eigenvalue weighted by molar-refractivity contribution is -0.133. The Morgan fingerprint density at radius 1 is 1.39 bits per heavy atom. The molecular weight excluding hydrogens is 228 g/mol. The summed E-state index contributed by atoms with van der Waals surface area (Å²) in [6.07, 6.45) is 0. The molecule has 0 unspecified atom stereocenters. The molecule has 100 valence electrons. The molecule has 0 saturated heterocycles. The number of nitrogen functional groups attached to an aromatic ring is 1. The van der Waals surface area contributed by atoms with E-state index in [0.29, 0.717) is 23.9 Å². The molecule has 0 fully saturated rings. The molecule has 1 amide bonds. The van der Waals surface area contributed by atoms with Crippen LogP contribution < -0.4 is 10.5 Å². The van der Waals surface area contributed by atoms with Crippen molar-refractivity contribution >= 4 is 11.6 Å². The Balaban J connectivity index is 2.52. The van der Waals surface area contributed by atoms with Gasteiger partial charge in [0.1, 0.15) is 5.75 Å². The predicted octanol–water partition coefficient (Wildman–Crippen LogP) is 2.15. The SMILES string of the molecule is CCN(CC(C)C)C(=O)COc1ccccc1N. The van der Waals surface area contributed by atoms with Crippen LogP contribution in [-0.4, -0.2) is 30.5 Å². The lowest BCUT2D eigenvalue weighted by atomic mass is 10.2. The van der Waals surface area contributed by atoms with E-state index in [4.69, 9.17) is 10.5 Å². The molecule has 1 aromatic rings. The molecule has 2 N–H and O–H groups in total. The van der Waals surface area contributed by atoms with Crippen LogP contribution in [0.2, 0.25) is 0 Å². The van der Waals surface area contributed by atoms with Gasteiger partial charge in [0.05, 0.1) is 5.69 Å². The van der Waals surface area contributed by atoms with Crippen molar-refractivity contribution in [2.24, 2.45) is 5.92 Å². The summed E-state index contributed by atoms with van der Waals surface area (Å²) in [6.45, 7) is 7.64. The smallest absolute Gasteiger partial charge is 0.260 e. The molecule has 1 aromatic carbocycles. The topological polar surface area (TPSA) is 55.6 Å². The van der Waals surface area contributed by atoms with Crippen LogP contribution in [0.15, 0.2) is 24.3 Å². The summed E-state index contributed by atoms with van der Waals surface area (Å²) >= 11 is 0. The largest absolute Gasteiger partial charge is 0.482 e. The van der Waals surface area contributed by atoms with Gasteiger partial charge in [-0.05, 0) is 25.0 Å². The first-order valence-corrected chi connectivity index (χ1v) is 6.29. The fraction of sp³-hybridized carbons (Fsp3) is 0.500. The average molecular weight is 250 g/mol. The summed E-state index contributed by atoms with van der Waals surface area (Å²) < 4.78 is 5.45. The summed E-state index contributed by atoms with van der Waals surface area (Å²) in [5.74, 6) is 1.01. The van der Waals surface area contributed by atoms with Crippen LogP contribution in [0.3, 0.4) is 0 Å². The molecule has 0 aliphatic rings. The normalized spacial score (nSPS) is 10.4. The maximum atomic E-state index is 12.0. The first kappa shape index (κ1) is 14.4. The van der Waals surface area contributed by atoms with Crippen molar-refractivity contribution in [1.29, 1.82) is 0 Å². The van der Waals surface area contributed by atoms with E-state index in [9.17, 15) is 4.79 Å². The van der Waals surface area contributed by atoms with E-state index >= 15 is 0 Å². The summed E-state index contributed by atoms with van der Waals surface area (Å²) in [6, 6.07) is 7.19. The zero-order valence-electron chi connectivity index (χ0n) is 11.3. The standard InChI is InChI=1S/C14H22N2O2/c1-4-16(9-11(2)3)14(17)10-18-13-8-6-5-7-12(13)15/h5-8,11H,4,9-10,15H2,1-3H3. The number of benzene rings is 1. The zero-order chi connectivity index (χ0) is 13.5. The minimum absolute atomic E-state index is 0.00514. The lowest BCUT2D eigenvalue weighted by Gasteiger charge is -2.23. The van der Waals surface area contributed by atoms with Gasteiger partial charge in [0.15, 0.2) is 6.61 Å². The van der Waals surface area contributed by atoms with Crippen molar-refractivity contribution < 1.29 is 9.53 Å². The van der Waals surface area contributed by atoms with E-state index in [2.05, 4.69) is 13.8 Å². The molecule has 4 nitrogen and oxygen atoms in total. The number of rotatable bonds is 6. The van der Waals surface area contributed by atoms with Crippen LogP contribution in [0.25, 0.3) is 0 Å². The average Bonchev–Trinajstić information content (AvgIpc) is 2.34. The second kappa shape index (κ2) is 6.89. The number of hydrogen-bond donors (Lipinski definition) is 1. The highest BCUT2D eigenvalue weighted by Crippen LogP contribution is 2.19. The van der Waals surface area contributed by atoms with Crippen molar-refractivity contribution in [2.75, 3.05) is 25.4 Å². The fourth-order valence-electron chi connectivity index (χ4n) is 1.69. The molecule has 1 rings (SSSR count). The third-order valence-corrected chi connectivity index (χ3v) is 2.59. The molecule has 4 heteroatoms. The highest BCUT2D eigenvalue weighted by Gasteiger charge is 2.14. The molecule has 18 heavy (non-hydrogen) atoms.